The highest BCUT2D eigenvalue weighted by molar-refractivity contribution is 5.34. The fourth-order valence-electron chi connectivity index (χ4n) is 2.92. The SMILES string of the molecule is CC.CCc1cccc(C)c1CN1CCC(NC)CC1. The maximum absolute atomic E-state index is 3.40. The van der Waals surface area contributed by atoms with E-state index in [0.29, 0.717) is 0 Å². The minimum atomic E-state index is 0.726. The van der Waals surface area contributed by atoms with Crippen LogP contribution < -0.4 is 5.32 Å². The summed E-state index contributed by atoms with van der Waals surface area (Å²) in [5.74, 6) is 0. The molecule has 0 spiro atoms. The fourth-order valence-corrected chi connectivity index (χ4v) is 2.92. The van der Waals surface area contributed by atoms with Gasteiger partial charge in [-0.2, -0.15) is 0 Å². The van der Waals surface area contributed by atoms with E-state index in [9.17, 15) is 0 Å². The van der Waals surface area contributed by atoms with Gasteiger partial charge in [-0.3, -0.25) is 4.90 Å². The van der Waals surface area contributed by atoms with E-state index in [1.807, 2.05) is 13.8 Å². The van der Waals surface area contributed by atoms with Gasteiger partial charge in [0.1, 0.15) is 0 Å². The molecule has 0 saturated carbocycles. The molecule has 0 amide bonds. The molecule has 1 fully saturated rings. The molecule has 0 radical (unpaired) electrons. The van der Waals surface area contributed by atoms with Crippen LogP contribution in [0, 0.1) is 6.92 Å². The van der Waals surface area contributed by atoms with Gasteiger partial charge in [0.15, 0.2) is 0 Å². The van der Waals surface area contributed by atoms with Crippen LogP contribution in [0.3, 0.4) is 0 Å². The minimum Gasteiger partial charge on any atom is -0.317 e. The van der Waals surface area contributed by atoms with Crippen molar-refractivity contribution >= 4 is 0 Å². The number of nitrogens with zero attached hydrogens (tertiary/aromatic N) is 1. The zero-order valence-electron chi connectivity index (χ0n) is 14.0. The van der Waals surface area contributed by atoms with Gasteiger partial charge in [-0.1, -0.05) is 39.0 Å². The van der Waals surface area contributed by atoms with Gasteiger partial charge < -0.3 is 5.32 Å². The number of rotatable bonds is 4. The van der Waals surface area contributed by atoms with E-state index in [2.05, 4.69) is 49.3 Å². The van der Waals surface area contributed by atoms with Crippen molar-refractivity contribution in [3.63, 3.8) is 0 Å². The van der Waals surface area contributed by atoms with E-state index < -0.39 is 0 Å². The number of piperidine rings is 1. The minimum absolute atomic E-state index is 0.726. The van der Waals surface area contributed by atoms with Crippen LogP contribution in [0.5, 0.6) is 0 Å². The molecule has 2 heteroatoms. The summed E-state index contributed by atoms with van der Waals surface area (Å²) >= 11 is 0. The topological polar surface area (TPSA) is 15.3 Å². The second kappa shape index (κ2) is 9.15. The summed E-state index contributed by atoms with van der Waals surface area (Å²) in [6.45, 7) is 12.1. The molecular formula is C18H32N2. The van der Waals surface area contributed by atoms with Crippen LogP contribution in [0.2, 0.25) is 0 Å². The predicted molar refractivity (Wildman–Crippen MR) is 89.3 cm³/mol. The quantitative estimate of drug-likeness (QED) is 0.900. The molecule has 1 aliphatic rings. The molecule has 0 bridgehead atoms. The summed E-state index contributed by atoms with van der Waals surface area (Å²) in [5, 5.41) is 3.40. The van der Waals surface area contributed by atoms with E-state index in [-0.39, 0.29) is 0 Å². The number of hydrogen-bond donors (Lipinski definition) is 1. The molecule has 0 atom stereocenters. The Bertz CT molecular complexity index is 379. The molecule has 1 aromatic carbocycles. The molecule has 114 valence electrons. The van der Waals surface area contributed by atoms with E-state index in [1.54, 1.807) is 5.56 Å². The Morgan fingerprint density at radius 3 is 2.40 bits per heavy atom. The third kappa shape index (κ3) is 4.60. The van der Waals surface area contributed by atoms with Crippen molar-refractivity contribution in [2.45, 2.75) is 59.5 Å². The average Bonchev–Trinajstić information content (AvgIpc) is 2.52. The standard InChI is InChI=1S/C16H26N2.C2H6/c1-4-14-7-5-6-13(2)16(14)12-18-10-8-15(17-3)9-11-18;1-2/h5-7,15,17H,4,8-12H2,1-3H3;1-2H3. The van der Waals surface area contributed by atoms with Crippen LogP contribution in [0.25, 0.3) is 0 Å². The van der Waals surface area contributed by atoms with E-state index in [0.717, 1.165) is 19.0 Å². The van der Waals surface area contributed by atoms with E-state index >= 15 is 0 Å². The summed E-state index contributed by atoms with van der Waals surface area (Å²) in [4.78, 5) is 2.61. The van der Waals surface area contributed by atoms with Crippen molar-refractivity contribution in [3.8, 4) is 0 Å². The van der Waals surface area contributed by atoms with Crippen LogP contribution >= 0.6 is 0 Å². The first-order chi connectivity index (χ1) is 9.74. The van der Waals surface area contributed by atoms with Crippen molar-refractivity contribution in [2.75, 3.05) is 20.1 Å². The van der Waals surface area contributed by atoms with E-state index in [1.165, 1.54) is 37.1 Å². The zero-order chi connectivity index (χ0) is 15.0. The molecule has 0 aliphatic carbocycles. The van der Waals surface area contributed by atoms with Gasteiger partial charge in [0.2, 0.25) is 0 Å². The summed E-state index contributed by atoms with van der Waals surface area (Å²) in [7, 11) is 2.08. The van der Waals surface area contributed by atoms with Crippen LogP contribution in [0.15, 0.2) is 18.2 Å². The van der Waals surface area contributed by atoms with Crippen molar-refractivity contribution in [3.05, 3.63) is 34.9 Å². The lowest BCUT2D eigenvalue weighted by Crippen LogP contribution is -2.40. The number of nitrogens with one attached hydrogen (secondary N) is 1. The molecule has 2 nitrogen and oxygen atoms in total. The average molecular weight is 276 g/mol. The third-order valence-corrected chi connectivity index (χ3v) is 4.27. The maximum Gasteiger partial charge on any atom is 0.0239 e. The van der Waals surface area contributed by atoms with Crippen molar-refractivity contribution in [1.29, 1.82) is 0 Å². The highest BCUT2D eigenvalue weighted by Gasteiger charge is 2.18. The number of likely N-dealkylation sites (tertiary alicyclic amines) is 1. The second-order valence-electron chi connectivity index (χ2n) is 5.41. The smallest absolute Gasteiger partial charge is 0.0239 e. The Morgan fingerprint density at radius 2 is 1.85 bits per heavy atom. The van der Waals surface area contributed by atoms with Crippen LogP contribution in [0.4, 0.5) is 0 Å². The van der Waals surface area contributed by atoms with Gasteiger partial charge in [-0.05, 0) is 63.0 Å². The summed E-state index contributed by atoms with van der Waals surface area (Å²) in [6, 6.07) is 7.44. The monoisotopic (exact) mass is 276 g/mol. The number of hydrogen-bond acceptors (Lipinski definition) is 2. The van der Waals surface area contributed by atoms with Crippen molar-refractivity contribution < 1.29 is 0 Å². The summed E-state index contributed by atoms with van der Waals surface area (Å²) < 4.78 is 0. The van der Waals surface area contributed by atoms with Gasteiger partial charge in [0.05, 0.1) is 0 Å². The Hall–Kier alpha value is -0.860. The maximum atomic E-state index is 3.40. The Labute approximate surface area is 125 Å². The zero-order valence-corrected chi connectivity index (χ0v) is 14.0. The number of benzene rings is 1. The second-order valence-corrected chi connectivity index (χ2v) is 5.41. The predicted octanol–water partition coefficient (Wildman–Crippen LogP) is 3.77. The third-order valence-electron chi connectivity index (χ3n) is 4.27. The number of aryl methyl sites for hydroxylation is 2. The van der Waals surface area contributed by atoms with Gasteiger partial charge in [0.25, 0.3) is 0 Å². The first kappa shape index (κ1) is 17.2. The summed E-state index contributed by atoms with van der Waals surface area (Å²) in [6.07, 6.45) is 3.71. The molecule has 20 heavy (non-hydrogen) atoms. The van der Waals surface area contributed by atoms with Gasteiger partial charge in [-0.15, -0.1) is 0 Å². The summed E-state index contributed by atoms with van der Waals surface area (Å²) in [5.41, 5.74) is 4.53. The van der Waals surface area contributed by atoms with Gasteiger partial charge >= 0.3 is 0 Å². The van der Waals surface area contributed by atoms with Gasteiger partial charge in [-0.25, -0.2) is 0 Å². The first-order valence-corrected chi connectivity index (χ1v) is 8.21. The van der Waals surface area contributed by atoms with Crippen LogP contribution in [-0.4, -0.2) is 31.1 Å². The lowest BCUT2D eigenvalue weighted by Gasteiger charge is -2.32. The highest BCUT2D eigenvalue weighted by atomic mass is 15.1. The lowest BCUT2D eigenvalue weighted by atomic mass is 9.98. The Balaban J connectivity index is 0.000000956. The molecule has 2 rings (SSSR count). The lowest BCUT2D eigenvalue weighted by molar-refractivity contribution is 0.194. The molecule has 1 aromatic rings. The van der Waals surface area contributed by atoms with Crippen molar-refractivity contribution in [2.24, 2.45) is 0 Å². The Kier molecular flexibility index (Phi) is 7.86. The molecule has 1 saturated heterocycles. The first-order valence-electron chi connectivity index (χ1n) is 8.21. The molecular weight excluding hydrogens is 244 g/mol. The Morgan fingerprint density at radius 1 is 1.20 bits per heavy atom. The molecule has 1 heterocycles. The molecule has 1 aliphatic heterocycles. The van der Waals surface area contributed by atoms with E-state index in [4.69, 9.17) is 0 Å². The largest absolute Gasteiger partial charge is 0.317 e. The molecule has 0 unspecified atom stereocenters. The van der Waals surface area contributed by atoms with Gasteiger partial charge in [0, 0.05) is 12.6 Å². The fraction of sp³-hybridized carbons (Fsp3) is 0.667. The molecule has 1 N–H and O–H groups in total. The van der Waals surface area contributed by atoms with Crippen LogP contribution in [-0.2, 0) is 13.0 Å². The normalized spacial score (nSPS) is 16.6. The van der Waals surface area contributed by atoms with Crippen molar-refractivity contribution in [1.82, 2.24) is 10.2 Å². The highest BCUT2D eigenvalue weighted by Crippen LogP contribution is 2.20. The molecule has 0 aromatic heterocycles. The van der Waals surface area contributed by atoms with Crippen LogP contribution in [0.1, 0.15) is 50.3 Å².